The Morgan fingerprint density at radius 2 is 1.53 bits per heavy atom. The van der Waals surface area contributed by atoms with Crippen LogP contribution in [0.5, 0.6) is 0 Å². The van der Waals surface area contributed by atoms with Gasteiger partial charge in [-0.15, -0.1) is 0 Å². The van der Waals surface area contributed by atoms with Gasteiger partial charge in [-0.3, -0.25) is 20.2 Å². The third-order valence-corrected chi connectivity index (χ3v) is 7.80. The highest BCUT2D eigenvalue weighted by molar-refractivity contribution is 7.90. The van der Waals surface area contributed by atoms with E-state index >= 15 is 0 Å². The van der Waals surface area contributed by atoms with Crippen LogP contribution in [0.25, 0.3) is 10.9 Å². The molecule has 0 saturated heterocycles. The highest BCUT2D eigenvalue weighted by Gasteiger charge is 2.30. The van der Waals surface area contributed by atoms with Gasteiger partial charge in [-0.1, -0.05) is 18.2 Å². The summed E-state index contributed by atoms with van der Waals surface area (Å²) in [6, 6.07) is 17.1. The van der Waals surface area contributed by atoms with Crippen molar-refractivity contribution in [2.45, 2.75) is 14.7 Å². The minimum Gasteiger partial charge on any atom is -0.258 e. The summed E-state index contributed by atoms with van der Waals surface area (Å²) in [7, 11) is -5.93. The molecule has 0 saturated carbocycles. The zero-order valence-electron chi connectivity index (χ0n) is 16.0. The molecule has 1 atom stereocenters. The van der Waals surface area contributed by atoms with Crippen LogP contribution in [0.2, 0.25) is 0 Å². The molecule has 3 aromatic carbocycles. The smallest absolute Gasteiger partial charge is 0.258 e. The Labute approximate surface area is 183 Å². The lowest BCUT2D eigenvalue weighted by molar-refractivity contribution is -0.396. The standard InChI is InChI=1S/C20H13N3O7S2/c24-22(25)15-6-9-20(19(13-15)23(26)27)32(29,30)21-11-10-14-12-17(7-8-18(14)21)31(28)16-4-2-1-3-5-16/h1-13H. The fourth-order valence-electron chi connectivity index (χ4n) is 3.19. The first-order valence-corrected chi connectivity index (χ1v) is 11.6. The van der Waals surface area contributed by atoms with Crippen LogP contribution < -0.4 is 0 Å². The average molecular weight is 471 g/mol. The van der Waals surface area contributed by atoms with Crippen LogP contribution in [0.1, 0.15) is 0 Å². The third-order valence-electron chi connectivity index (χ3n) is 4.68. The van der Waals surface area contributed by atoms with Crippen LogP contribution in [-0.2, 0) is 20.8 Å². The molecule has 1 unspecified atom stereocenters. The number of non-ortho nitro benzene ring substituents is 1. The van der Waals surface area contributed by atoms with E-state index in [1.807, 2.05) is 0 Å². The number of fused-ring (bicyclic) bond motifs is 1. The SMILES string of the molecule is O=[N+]([O-])c1ccc(S(=O)(=O)n2ccc3cc(S(=O)c4ccccc4)ccc32)c([N+](=O)[O-])c1. The first-order chi connectivity index (χ1) is 15.2. The molecule has 4 aromatic rings. The van der Waals surface area contributed by atoms with Gasteiger partial charge in [0.15, 0.2) is 4.90 Å². The zero-order valence-corrected chi connectivity index (χ0v) is 17.7. The molecule has 32 heavy (non-hydrogen) atoms. The summed E-state index contributed by atoms with van der Waals surface area (Å²) in [4.78, 5) is 20.9. The second kappa shape index (κ2) is 7.98. The normalized spacial score (nSPS) is 12.5. The van der Waals surface area contributed by atoms with E-state index in [0.29, 0.717) is 21.2 Å². The van der Waals surface area contributed by atoms with Gasteiger partial charge in [0, 0.05) is 27.4 Å². The van der Waals surface area contributed by atoms with Gasteiger partial charge >= 0.3 is 0 Å². The molecule has 0 spiro atoms. The molecular weight excluding hydrogens is 458 g/mol. The molecule has 0 aliphatic rings. The Morgan fingerprint density at radius 3 is 2.19 bits per heavy atom. The Hall–Kier alpha value is -3.90. The molecule has 0 N–H and O–H groups in total. The zero-order chi connectivity index (χ0) is 23.0. The molecule has 4 rings (SSSR count). The van der Waals surface area contributed by atoms with Crippen molar-refractivity contribution in [1.82, 2.24) is 3.97 Å². The van der Waals surface area contributed by atoms with Gasteiger partial charge in [-0.05, 0) is 42.5 Å². The fraction of sp³-hybridized carbons (Fsp3) is 0. The lowest BCUT2D eigenvalue weighted by atomic mass is 10.2. The van der Waals surface area contributed by atoms with Crippen LogP contribution in [0.15, 0.2) is 93.7 Å². The summed E-state index contributed by atoms with van der Waals surface area (Å²) in [5, 5.41) is 22.8. The van der Waals surface area contributed by atoms with Crippen molar-refractivity contribution in [3.8, 4) is 0 Å². The van der Waals surface area contributed by atoms with Crippen LogP contribution in [0.4, 0.5) is 11.4 Å². The molecule has 10 nitrogen and oxygen atoms in total. The van der Waals surface area contributed by atoms with E-state index in [9.17, 15) is 32.9 Å². The van der Waals surface area contributed by atoms with Crippen LogP contribution in [-0.4, -0.2) is 26.4 Å². The fourth-order valence-corrected chi connectivity index (χ4v) is 5.78. The van der Waals surface area contributed by atoms with Gasteiger partial charge in [0.25, 0.3) is 21.4 Å². The lowest BCUT2D eigenvalue weighted by Gasteiger charge is -2.09. The molecule has 0 bridgehead atoms. The number of nitro groups is 2. The summed E-state index contributed by atoms with van der Waals surface area (Å²) >= 11 is 0. The molecule has 0 aliphatic heterocycles. The molecule has 162 valence electrons. The number of nitro benzene ring substituents is 2. The molecule has 0 fully saturated rings. The first kappa shape index (κ1) is 21.3. The number of hydrogen-bond acceptors (Lipinski definition) is 7. The van der Waals surface area contributed by atoms with Crippen molar-refractivity contribution in [1.29, 1.82) is 0 Å². The highest BCUT2D eigenvalue weighted by atomic mass is 32.2. The van der Waals surface area contributed by atoms with E-state index in [1.54, 1.807) is 36.4 Å². The maximum absolute atomic E-state index is 13.2. The van der Waals surface area contributed by atoms with Crippen LogP contribution in [0, 0.1) is 20.2 Å². The monoisotopic (exact) mass is 471 g/mol. The predicted octanol–water partition coefficient (Wildman–Crippen LogP) is 3.86. The van der Waals surface area contributed by atoms with Gasteiger partial charge < -0.3 is 0 Å². The van der Waals surface area contributed by atoms with Crippen molar-refractivity contribution < 1.29 is 22.5 Å². The van der Waals surface area contributed by atoms with Gasteiger partial charge in [-0.25, -0.2) is 16.6 Å². The second-order valence-electron chi connectivity index (χ2n) is 6.59. The Bertz CT molecular complexity index is 1510. The molecule has 0 radical (unpaired) electrons. The summed E-state index contributed by atoms with van der Waals surface area (Å²) in [6.45, 7) is 0. The topological polar surface area (TPSA) is 142 Å². The summed E-state index contributed by atoms with van der Waals surface area (Å²) < 4.78 is 40.0. The van der Waals surface area contributed by atoms with E-state index in [2.05, 4.69) is 0 Å². The summed E-state index contributed by atoms with van der Waals surface area (Å²) in [6.07, 6.45) is 1.22. The Kier molecular flexibility index (Phi) is 5.32. The van der Waals surface area contributed by atoms with Crippen molar-refractivity contribution in [3.63, 3.8) is 0 Å². The van der Waals surface area contributed by atoms with Crippen molar-refractivity contribution in [2.75, 3.05) is 0 Å². The molecule has 1 aromatic heterocycles. The molecular formula is C20H13N3O7S2. The number of rotatable bonds is 6. The summed E-state index contributed by atoms with van der Waals surface area (Å²) in [5.41, 5.74) is -1.28. The lowest BCUT2D eigenvalue weighted by Crippen LogP contribution is -2.14. The Morgan fingerprint density at radius 1 is 0.812 bits per heavy atom. The van der Waals surface area contributed by atoms with Crippen LogP contribution in [0.3, 0.4) is 0 Å². The maximum atomic E-state index is 13.2. The van der Waals surface area contributed by atoms with Crippen molar-refractivity contribution in [3.05, 3.63) is 99.2 Å². The number of aromatic nitrogens is 1. The van der Waals surface area contributed by atoms with Gasteiger partial charge in [0.2, 0.25) is 0 Å². The first-order valence-electron chi connectivity index (χ1n) is 8.96. The van der Waals surface area contributed by atoms with E-state index in [4.69, 9.17) is 0 Å². The van der Waals surface area contributed by atoms with Gasteiger partial charge in [-0.2, -0.15) is 0 Å². The molecule has 0 aliphatic carbocycles. The van der Waals surface area contributed by atoms with Gasteiger partial charge in [0.05, 0.1) is 32.2 Å². The van der Waals surface area contributed by atoms with Gasteiger partial charge in [0.1, 0.15) is 0 Å². The largest absolute Gasteiger partial charge is 0.296 e. The maximum Gasteiger partial charge on any atom is 0.296 e. The molecule has 0 amide bonds. The Balaban J connectivity index is 1.81. The average Bonchev–Trinajstić information content (AvgIpc) is 3.22. The highest BCUT2D eigenvalue weighted by Crippen LogP contribution is 2.32. The van der Waals surface area contributed by atoms with E-state index in [0.717, 1.165) is 16.1 Å². The minimum atomic E-state index is -4.45. The van der Waals surface area contributed by atoms with E-state index in [-0.39, 0.29) is 5.52 Å². The number of benzene rings is 3. The molecule has 12 heteroatoms. The number of nitrogens with zero attached hydrogens (tertiary/aromatic N) is 3. The minimum absolute atomic E-state index is 0.214. The molecule has 1 heterocycles. The second-order valence-corrected chi connectivity index (χ2v) is 9.85. The van der Waals surface area contributed by atoms with Crippen LogP contribution >= 0.6 is 0 Å². The summed E-state index contributed by atoms with van der Waals surface area (Å²) in [5.74, 6) is 0. The van der Waals surface area contributed by atoms with Crippen molar-refractivity contribution >= 4 is 43.1 Å². The van der Waals surface area contributed by atoms with Crippen molar-refractivity contribution in [2.24, 2.45) is 0 Å². The number of hydrogen-bond donors (Lipinski definition) is 0. The predicted molar refractivity (Wildman–Crippen MR) is 115 cm³/mol. The van der Waals surface area contributed by atoms with E-state index < -0.39 is 46.9 Å². The third kappa shape index (κ3) is 3.65. The van der Waals surface area contributed by atoms with E-state index in [1.165, 1.54) is 24.4 Å². The quantitative estimate of drug-likeness (QED) is 0.307.